The molecule has 1 heterocycles. The number of nitrogens with one attached hydrogen (secondary N) is 2. The quantitative estimate of drug-likeness (QED) is 0.503. The van der Waals surface area contributed by atoms with Gasteiger partial charge in [0.15, 0.2) is 0 Å². The van der Waals surface area contributed by atoms with E-state index in [4.69, 9.17) is 4.74 Å². The van der Waals surface area contributed by atoms with Gasteiger partial charge in [-0.15, -0.1) is 0 Å². The van der Waals surface area contributed by atoms with Crippen molar-refractivity contribution in [1.29, 1.82) is 0 Å². The van der Waals surface area contributed by atoms with Crippen LogP contribution in [0.5, 0.6) is 5.75 Å². The van der Waals surface area contributed by atoms with Gasteiger partial charge in [-0.1, -0.05) is 12.1 Å². The maximum atomic E-state index is 12.1. The first-order valence-electron chi connectivity index (χ1n) is 8.04. The van der Waals surface area contributed by atoms with Crippen LogP contribution in [0.2, 0.25) is 0 Å². The average molecular weight is 364 g/mol. The van der Waals surface area contributed by atoms with Gasteiger partial charge in [-0.2, -0.15) is 0 Å². The molecule has 0 spiro atoms. The van der Waals surface area contributed by atoms with Crippen LogP contribution >= 0.6 is 0 Å². The van der Waals surface area contributed by atoms with Gasteiger partial charge in [-0.3, -0.25) is 15.1 Å². The number of carbonyl (C=O) groups excluding carboxylic acids is 1. The average Bonchev–Trinajstić information content (AvgIpc) is 2.68. The number of hydrogen-bond acceptors (Lipinski definition) is 5. The summed E-state index contributed by atoms with van der Waals surface area (Å²) in [7, 11) is 0. The molecule has 8 nitrogen and oxygen atoms in total. The van der Waals surface area contributed by atoms with Gasteiger partial charge in [-0.25, -0.2) is 4.79 Å². The number of benzene rings is 2. The van der Waals surface area contributed by atoms with Crippen molar-refractivity contribution in [3.8, 4) is 5.75 Å². The number of amides is 2. The largest absolute Gasteiger partial charge is 0.489 e. The second-order valence-electron chi connectivity index (χ2n) is 5.56. The Morgan fingerprint density at radius 3 is 2.52 bits per heavy atom. The van der Waals surface area contributed by atoms with Crippen molar-refractivity contribution in [3.63, 3.8) is 0 Å². The Morgan fingerprint density at radius 1 is 1.04 bits per heavy atom. The topological polar surface area (TPSA) is 106 Å². The second kappa shape index (κ2) is 8.43. The van der Waals surface area contributed by atoms with Crippen molar-refractivity contribution in [2.24, 2.45) is 0 Å². The minimum atomic E-state index is -0.499. The van der Waals surface area contributed by atoms with E-state index in [2.05, 4.69) is 15.6 Å². The fourth-order valence-corrected chi connectivity index (χ4v) is 2.27. The highest BCUT2D eigenvalue weighted by Gasteiger charge is 2.07. The molecule has 0 radical (unpaired) electrons. The standard InChI is InChI=1S/C19H16N4O4/c24-19(21-15-6-8-17(9-7-15)23(25)26)22-16-4-1-5-18(11-16)27-13-14-3-2-10-20-12-14/h1-12H,13H2,(H2,21,22,24). The molecule has 0 fully saturated rings. The zero-order valence-corrected chi connectivity index (χ0v) is 14.2. The van der Waals surface area contributed by atoms with Gasteiger partial charge in [0.25, 0.3) is 5.69 Å². The molecule has 2 aromatic carbocycles. The molecule has 0 saturated carbocycles. The van der Waals surface area contributed by atoms with Gasteiger partial charge in [-0.05, 0) is 30.3 Å². The lowest BCUT2D eigenvalue weighted by Crippen LogP contribution is -2.19. The smallest absolute Gasteiger partial charge is 0.323 e. The van der Waals surface area contributed by atoms with E-state index in [0.29, 0.717) is 23.7 Å². The summed E-state index contributed by atoms with van der Waals surface area (Å²) in [6.07, 6.45) is 3.41. The van der Waals surface area contributed by atoms with Crippen LogP contribution in [-0.4, -0.2) is 15.9 Å². The Labute approximate surface area is 155 Å². The van der Waals surface area contributed by atoms with Gasteiger partial charge in [0, 0.05) is 47.5 Å². The van der Waals surface area contributed by atoms with Crippen LogP contribution in [0.4, 0.5) is 21.9 Å². The first-order valence-corrected chi connectivity index (χ1v) is 8.04. The van der Waals surface area contributed by atoms with Gasteiger partial charge >= 0.3 is 6.03 Å². The van der Waals surface area contributed by atoms with Crippen LogP contribution in [0.15, 0.2) is 73.1 Å². The molecule has 3 rings (SSSR count). The summed E-state index contributed by atoms with van der Waals surface area (Å²) in [5, 5.41) is 15.9. The number of carbonyl (C=O) groups is 1. The minimum Gasteiger partial charge on any atom is -0.489 e. The number of hydrogen-bond donors (Lipinski definition) is 2. The molecule has 136 valence electrons. The molecule has 0 aliphatic rings. The highest BCUT2D eigenvalue weighted by Crippen LogP contribution is 2.19. The fraction of sp³-hybridized carbons (Fsp3) is 0.0526. The Balaban J connectivity index is 1.56. The number of nitrogens with zero attached hydrogens (tertiary/aromatic N) is 2. The van der Waals surface area contributed by atoms with Crippen LogP contribution in [0.1, 0.15) is 5.56 Å². The Hall–Kier alpha value is -3.94. The van der Waals surface area contributed by atoms with E-state index in [9.17, 15) is 14.9 Å². The van der Waals surface area contributed by atoms with E-state index in [0.717, 1.165) is 5.56 Å². The number of anilines is 2. The number of urea groups is 1. The van der Waals surface area contributed by atoms with Crippen LogP contribution in [0.3, 0.4) is 0 Å². The minimum absolute atomic E-state index is 0.0422. The number of aromatic nitrogens is 1. The number of pyridine rings is 1. The predicted molar refractivity (Wildman–Crippen MR) is 101 cm³/mol. The SMILES string of the molecule is O=C(Nc1ccc([N+](=O)[O-])cc1)Nc1cccc(OCc2cccnc2)c1. The van der Waals surface area contributed by atoms with Gasteiger partial charge < -0.3 is 15.4 Å². The molecular formula is C19H16N4O4. The van der Waals surface area contributed by atoms with E-state index in [1.807, 2.05) is 12.1 Å². The molecule has 0 atom stereocenters. The van der Waals surface area contributed by atoms with Crippen LogP contribution in [0.25, 0.3) is 0 Å². The first-order chi connectivity index (χ1) is 13.1. The lowest BCUT2D eigenvalue weighted by atomic mass is 10.3. The van der Waals surface area contributed by atoms with Gasteiger partial charge in [0.05, 0.1) is 4.92 Å². The fourth-order valence-electron chi connectivity index (χ4n) is 2.27. The summed E-state index contributed by atoms with van der Waals surface area (Å²) in [6, 6.07) is 15.8. The molecular weight excluding hydrogens is 348 g/mol. The summed E-state index contributed by atoms with van der Waals surface area (Å²) >= 11 is 0. The number of nitro benzene ring substituents is 1. The molecule has 2 amide bonds. The lowest BCUT2D eigenvalue weighted by Gasteiger charge is -2.10. The van der Waals surface area contributed by atoms with Crippen LogP contribution in [-0.2, 0) is 6.61 Å². The van der Waals surface area contributed by atoms with E-state index >= 15 is 0 Å². The number of ether oxygens (including phenoxy) is 1. The Morgan fingerprint density at radius 2 is 1.81 bits per heavy atom. The van der Waals surface area contributed by atoms with E-state index in [1.54, 1.807) is 36.7 Å². The third-order valence-electron chi connectivity index (χ3n) is 3.56. The molecule has 0 bridgehead atoms. The van der Waals surface area contributed by atoms with Crippen molar-refractivity contribution < 1.29 is 14.5 Å². The van der Waals surface area contributed by atoms with Crippen molar-refractivity contribution in [2.45, 2.75) is 6.61 Å². The number of nitro groups is 1. The van der Waals surface area contributed by atoms with Crippen LogP contribution < -0.4 is 15.4 Å². The maximum Gasteiger partial charge on any atom is 0.323 e. The molecule has 8 heteroatoms. The Bertz CT molecular complexity index is 930. The first kappa shape index (κ1) is 17.9. The molecule has 0 aliphatic heterocycles. The monoisotopic (exact) mass is 364 g/mol. The molecule has 1 aromatic heterocycles. The maximum absolute atomic E-state index is 12.1. The van der Waals surface area contributed by atoms with E-state index in [-0.39, 0.29) is 5.69 Å². The van der Waals surface area contributed by atoms with Crippen molar-refractivity contribution in [3.05, 3.63) is 88.7 Å². The lowest BCUT2D eigenvalue weighted by molar-refractivity contribution is -0.384. The zero-order valence-electron chi connectivity index (χ0n) is 14.2. The predicted octanol–water partition coefficient (Wildman–Crippen LogP) is 4.21. The molecule has 3 aromatic rings. The molecule has 0 unspecified atom stereocenters. The van der Waals surface area contributed by atoms with Gasteiger partial charge in [0.1, 0.15) is 12.4 Å². The third kappa shape index (κ3) is 5.27. The molecule has 2 N–H and O–H groups in total. The van der Waals surface area contributed by atoms with Gasteiger partial charge in [0.2, 0.25) is 0 Å². The summed E-state index contributed by atoms with van der Waals surface area (Å²) in [5.41, 5.74) is 1.89. The molecule has 0 aliphatic carbocycles. The summed E-state index contributed by atoms with van der Waals surface area (Å²) in [6.45, 7) is 0.367. The summed E-state index contributed by atoms with van der Waals surface area (Å²) in [5.74, 6) is 0.604. The normalized spacial score (nSPS) is 10.1. The molecule has 0 saturated heterocycles. The summed E-state index contributed by atoms with van der Waals surface area (Å²) in [4.78, 5) is 26.3. The van der Waals surface area contributed by atoms with Crippen molar-refractivity contribution in [1.82, 2.24) is 4.98 Å². The number of rotatable bonds is 6. The third-order valence-corrected chi connectivity index (χ3v) is 3.56. The van der Waals surface area contributed by atoms with Crippen molar-refractivity contribution in [2.75, 3.05) is 10.6 Å². The van der Waals surface area contributed by atoms with Crippen LogP contribution in [0, 0.1) is 10.1 Å². The van der Waals surface area contributed by atoms with Crippen molar-refractivity contribution >= 4 is 23.1 Å². The Kier molecular flexibility index (Phi) is 5.58. The highest BCUT2D eigenvalue weighted by atomic mass is 16.6. The highest BCUT2D eigenvalue weighted by molar-refractivity contribution is 5.99. The van der Waals surface area contributed by atoms with E-state index < -0.39 is 11.0 Å². The molecule has 27 heavy (non-hydrogen) atoms. The second-order valence-corrected chi connectivity index (χ2v) is 5.56. The van der Waals surface area contributed by atoms with E-state index in [1.165, 1.54) is 24.3 Å². The zero-order chi connectivity index (χ0) is 19.1. The number of non-ortho nitro benzene ring substituents is 1. The summed E-state index contributed by atoms with van der Waals surface area (Å²) < 4.78 is 5.69.